The molecule has 2 aromatic carbocycles. The number of benzene rings is 2. The third-order valence-electron chi connectivity index (χ3n) is 4.06. The van der Waals surface area contributed by atoms with E-state index in [0.717, 1.165) is 39.1 Å². The Bertz CT molecular complexity index is 895. The van der Waals surface area contributed by atoms with Crippen LogP contribution in [-0.4, -0.2) is 17.4 Å². The van der Waals surface area contributed by atoms with Gasteiger partial charge in [-0.05, 0) is 63.2 Å². The average molecular weight is 353 g/mol. The molecule has 0 bridgehead atoms. The normalized spacial score (nSPS) is 11.2. The van der Waals surface area contributed by atoms with Gasteiger partial charge in [-0.15, -0.1) is 0 Å². The van der Waals surface area contributed by atoms with Crippen LogP contribution in [0.15, 0.2) is 59.6 Å². The fourth-order valence-corrected chi connectivity index (χ4v) is 3.01. The van der Waals surface area contributed by atoms with Crippen molar-refractivity contribution in [2.75, 3.05) is 6.61 Å². The molecule has 0 atom stereocenters. The van der Waals surface area contributed by atoms with Crippen molar-refractivity contribution < 1.29 is 4.74 Å². The molecular formula is C21H21ClN2O. The Balaban J connectivity index is 1.95. The van der Waals surface area contributed by atoms with E-state index in [4.69, 9.17) is 16.3 Å². The quantitative estimate of drug-likeness (QED) is 0.525. The topological polar surface area (TPSA) is 26.5 Å². The molecule has 0 fully saturated rings. The molecule has 0 saturated carbocycles. The lowest BCUT2D eigenvalue weighted by Crippen LogP contribution is -1.99. The van der Waals surface area contributed by atoms with Crippen LogP contribution in [-0.2, 0) is 0 Å². The first-order valence-corrected chi connectivity index (χ1v) is 8.68. The number of ether oxygens (including phenoxy) is 1. The third-order valence-corrected chi connectivity index (χ3v) is 4.31. The Morgan fingerprint density at radius 2 is 1.80 bits per heavy atom. The number of nitrogens with zero attached hydrogens (tertiary/aromatic N) is 2. The summed E-state index contributed by atoms with van der Waals surface area (Å²) in [6.07, 6.45) is 1.90. The highest BCUT2D eigenvalue weighted by molar-refractivity contribution is 6.30. The Kier molecular flexibility index (Phi) is 5.25. The van der Waals surface area contributed by atoms with Crippen molar-refractivity contribution in [3.63, 3.8) is 0 Å². The van der Waals surface area contributed by atoms with Gasteiger partial charge in [-0.25, -0.2) is 0 Å². The largest absolute Gasteiger partial charge is 0.492 e. The number of aliphatic imine (C=N–C) groups is 1. The van der Waals surface area contributed by atoms with E-state index in [2.05, 4.69) is 29.5 Å². The van der Waals surface area contributed by atoms with Crippen LogP contribution in [0.2, 0.25) is 5.02 Å². The lowest BCUT2D eigenvalue weighted by atomic mass is 10.2. The highest BCUT2D eigenvalue weighted by Crippen LogP contribution is 2.27. The average Bonchev–Trinajstić information content (AvgIpc) is 2.89. The molecule has 3 rings (SSSR count). The highest BCUT2D eigenvalue weighted by Gasteiger charge is 2.09. The molecule has 0 N–H and O–H groups in total. The van der Waals surface area contributed by atoms with Crippen molar-refractivity contribution in [2.24, 2.45) is 4.99 Å². The van der Waals surface area contributed by atoms with Crippen LogP contribution in [0.4, 0.5) is 5.69 Å². The van der Waals surface area contributed by atoms with Crippen molar-refractivity contribution in [1.82, 2.24) is 4.57 Å². The summed E-state index contributed by atoms with van der Waals surface area (Å²) in [4.78, 5) is 4.63. The highest BCUT2D eigenvalue weighted by atomic mass is 35.5. The Morgan fingerprint density at radius 1 is 1.08 bits per heavy atom. The molecule has 0 aliphatic heterocycles. The van der Waals surface area contributed by atoms with Crippen LogP contribution in [0.25, 0.3) is 5.69 Å². The predicted octanol–water partition coefficient (Wildman–Crippen LogP) is 5.90. The Morgan fingerprint density at radius 3 is 2.52 bits per heavy atom. The van der Waals surface area contributed by atoms with Gasteiger partial charge in [-0.1, -0.05) is 23.7 Å². The van der Waals surface area contributed by atoms with E-state index in [9.17, 15) is 0 Å². The number of hydrogen-bond donors (Lipinski definition) is 0. The van der Waals surface area contributed by atoms with Crippen LogP contribution in [0.1, 0.15) is 23.9 Å². The summed E-state index contributed by atoms with van der Waals surface area (Å²) in [6, 6.07) is 17.8. The minimum absolute atomic E-state index is 0.623. The van der Waals surface area contributed by atoms with E-state index in [1.54, 1.807) is 0 Å². The van der Waals surface area contributed by atoms with Crippen LogP contribution < -0.4 is 4.74 Å². The number of aromatic nitrogens is 1. The SMILES string of the molecule is CCOc1ccccc1N=Cc1cc(C)n(-c2ccc(Cl)cc2)c1C. The standard InChI is InChI=1S/C21H21ClN2O/c1-4-25-21-8-6-5-7-20(21)23-14-17-13-15(2)24(16(17)3)19-11-9-18(22)10-12-19/h5-14H,4H2,1-3H3. The molecule has 25 heavy (non-hydrogen) atoms. The van der Waals surface area contributed by atoms with Crippen LogP contribution >= 0.6 is 11.6 Å². The first kappa shape index (κ1) is 17.3. The van der Waals surface area contributed by atoms with E-state index in [1.165, 1.54) is 0 Å². The molecular weight excluding hydrogens is 332 g/mol. The van der Waals surface area contributed by atoms with Gasteiger partial charge in [0, 0.05) is 33.9 Å². The van der Waals surface area contributed by atoms with Crippen molar-refractivity contribution in [1.29, 1.82) is 0 Å². The summed E-state index contributed by atoms with van der Waals surface area (Å²) in [6.45, 7) is 6.78. The molecule has 0 spiro atoms. The van der Waals surface area contributed by atoms with Gasteiger partial charge < -0.3 is 9.30 Å². The van der Waals surface area contributed by atoms with E-state index < -0.39 is 0 Å². The molecule has 3 aromatic rings. The number of hydrogen-bond acceptors (Lipinski definition) is 2. The molecule has 0 aliphatic rings. The summed E-state index contributed by atoms with van der Waals surface area (Å²) < 4.78 is 7.83. The monoisotopic (exact) mass is 352 g/mol. The summed E-state index contributed by atoms with van der Waals surface area (Å²) in [5.41, 5.74) is 5.30. The maximum Gasteiger partial charge on any atom is 0.144 e. The lowest BCUT2D eigenvalue weighted by molar-refractivity contribution is 0.341. The zero-order valence-corrected chi connectivity index (χ0v) is 15.4. The van der Waals surface area contributed by atoms with Crippen LogP contribution in [0.3, 0.4) is 0 Å². The van der Waals surface area contributed by atoms with Crippen molar-refractivity contribution in [3.05, 3.63) is 76.6 Å². The van der Waals surface area contributed by atoms with Crippen molar-refractivity contribution in [3.8, 4) is 11.4 Å². The smallest absolute Gasteiger partial charge is 0.144 e. The molecule has 0 aliphatic carbocycles. The second-order valence-corrected chi connectivity index (χ2v) is 6.23. The second-order valence-electron chi connectivity index (χ2n) is 5.80. The molecule has 0 radical (unpaired) electrons. The maximum absolute atomic E-state index is 6.00. The summed E-state index contributed by atoms with van der Waals surface area (Å²) in [5.74, 6) is 0.799. The van der Waals surface area contributed by atoms with Gasteiger partial charge >= 0.3 is 0 Å². The predicted molar refractivity (Wildman–Crippen MR) is 105 cm³/mol. The van der Waals surface area contributed by atoms with E-state index in [-0.39, 0.29) is 0 Å². The van der Waals surface area contributed by atoms with Crippen LogP contribution in [0.5, 0.6) is 5.75 Å². The molecule has 0 amide bonds. The van der Waals surface area contributed by atoms with E-state index in [0.29, 0.717) is 6.61 Å². The van der Waals surface area contributed by atoms with Gasteiger partial charge in [0.15, 0.2) is 0 Å². The summed E-state index contributed by atoms with van der Waals surface area (Å²) >= 11 is 6.00. The van der Waals surface area contributed by atoms with Gasteiger partial charge in [0.2, 0.25) is 0 Å². The minimum atomic E-state index is 0.623. The molecule has 0 saturated heterocycles. The van der Waals surface area contributed by atoms with Gasteiger partial charge in [0.25, 0.3) is 0 Å². The number of aryl methyl sites for hydroxylation is 1. The molecule has 1 heterocycles. The number of rotatable bonds is 5. The summed E-state index contributed by atoms with van der Waals surface area (Å²) in [5, 5.41) is 0.737. The fourth-order valence-electron chi connectivity index (χ4n) is 2.89. The molecule has 0 unspecified atom stereocenters. The lowest BCUT2D eigenvalue weighted by Gasteiger charge is -2.09. The Labute approximate surface area is 153 Å². The second kappa shape index (κ2) is 7.58. The van der Waals surface area contributed by atoms with Crippen LogP contribution in [0, 0.1) is 13.8 Å². The maximum atomic E-state index is 6.00. The van der Waals surface area contributed by atoms with Gasteiger partial charge in [0.1, 0.15) is 11.4 Å². The zero-order chi connectivity index (χ0) is 17.8. The molecule has 1 aromatic heterocycles. The Hall–Kier alpha value is -2.52. The first-order chi connectivity index (χ1) is 12.1. The number of para-hydroxylation sites is 2. The minimum Gasteiger partial charge on any atom is -0.492 e. The fraction of sp³-hybridized carbons (Fsp3) is 0.190. The molecule has 128 valence electrons. The van der Waals surface area contributed by atoms with Gasteiger partial charge in [-0.2, -0.15) is 0 Å². The van der Waals surface area contributed by atoms with Gasteiger partial charge in [0.05, 0.1) is 6.61 Å². The van der Waals surface area contributed by atoms with Crippen molar-refractivity contribution in [2.45, 2.75) is 20.8 Å². The first-order valence-electron chi connectivity index (χ1n) is 8.31. The van der Waals surface area contributed by atoms with E-state index in [1.807, 2.05) is 61.7 Å². The number of halogens is 1. The van der Waals surface area contributed by atoms with Gasteiger partial charge in [-0.3, -0.25) is 4.99 Å². The molecule has 3 nitrogen and oxygen atoms in total. The third kappa shape index (κ3) is 3.77. The molecule has 4 heteroatoms. The van der Waals surface area contributed by atoms with Crippen molar-refractivity contribution >= 4 is 23.5 Å². The summed E-state index contributed by atoms with van der Waals surface area (Å²) in [7, 11) is 0. The van der Waals surface area contributed by atoms with E-state index >= 15 is 0 Å². The zero-order valence-electron chi connectivity index (χ0n) is 14.7.